The lowest BCUT2D eigenvalue weighted by atomic mass is 10.0. The maximum absolute atomic E-state index is 5.37. The lowest BCUT2D eigenvalue weighted by molar-refractivity contribution is 1.18. The van der Waals surface area contributed by atoms with Crippen molar-refractivity contribution < 1.29 is 0 Å². The molecular formula is C43H27N5. The lowest BCUT2D eigenvalue weighted by Crippen LogP contribution is -2.12. The van der Waals surface area contributed by atoms with Gasteiger partial charge in [-0.05, 0) is 47.9 Å². The second-order valence-electron chi connectivity index (χ2n) is 12.2. The molecule has 3 aromatic heterocycles. The van der Waals surface area contributed by atoms with Crippen LogP contribution in [0.5, 0.6) is 0 Å². The van der Waals surface area contributed by atoms with E-state index in [2.05, 4.69) is 162 Å². The average molecular weight is 614 g/mol. The Morgan fingerprint density at radius 1 is 0.438 bits per heavy atom. The van der Waals surface area contributed by atoms with Gasteiger partial charge in [0.05, 0.1) is 33.8 Å². The third-order valence-corrected chi connectivity index (χ3v) is 9.35. The molecule has 0 radical (unpaired) electrons. The highest BCUT2D eigenvalue weighted by Gasteiger charge is 2.21. The molecule has 1 N–H and O–H groups in total. The first-order valence-corrected chi connectivity index (χ1v) is 16.1. The zero-order chi connectivity index (χ0) is 31.6. The second-order valence-corrected chi connectivity index (χ2v) is 12.2. The number of nitrogens with zero attached hydrogens (tertiary/aromatic N) is 4. The summed E-state index contributed by atoms with van der Waals surface area (Å²) in [6, 6.07) is 55.1. The van der Waals surface area contributed by atoms with Crippen LogP contribution in [0.3, 0.4) is 0 Å². The number of aromatic amines is 1. The van der Waals surface area contributed by atoms with Crippen LogP contribution in [-0.2, 0) is 0 Å². The average Bonchev–Trinajstić information content (AvgIpc) is 3.54. The van der Waals surface area contributed by atoms with E-state index in [0.29, 0.717) is 5.82 Å². The van der Waals surface area contributed by atoms with Gasteiger partial charge in [0, 0.05) is 44.1 Å². The van der Waals surface area contributed by atoms with Crippen molar-refractivity contribution in [3.8, 4) is 45.2 Å². The smallest absolute Gasteiger partial charge is 0.162 e. The minimum absolute atomic E-state index is 0.676. The lowest BCUT2D eigenvalue weighted by Gasteiger charge is -2.26. The predicted molar refractivity (Wildman–Crippen MR) is 197 cm³/mol. The molecule has 9 aromatic rings. The Bertz CT molecular complexity index is 2690. The van der Waals surface area contributed by atoms with E-state index in [1.807, 2.05) is 6.07 Å². The summed E-state index contributed by atoms with van der Waals surface area (Å²) >= 11 is 0. The van der Waals surface area contributed by atoms with Crippen molar-refractivity contribution in [2.45, 2.75) is 0 Å². The molecule has 0 aliphatic carbocycles. The van der Waals surface area contributed by atoms with Crippen LogP contribution in [-0.4, -0.2) is 19.9 Å². The summed E-state index contributed by atoms with van der Waals surface area (Å²) in [5.74, 6) is 1.51. The highest BCUT2D eigenvalue weighted by Crippen LogP contribution is 2.42. The van der Waals surface area contributed by atoms with Gasteiger partial charge in [0.15, 0.2) is 5.82 Å². The number of fused-ring (bicyclic) bond motifs is 11. The number of nitrogens with one attached hydrogen (secondary N) is 1. The molecule has 0 amide bonds. The number of hydrogen-bond acceptors (Lipinski definition) is 4. The van der Waals surface area contributed by atoms with E-state index in [4.69, 9.17) is 15.0 Å². The molecule has 0 unspecified atom stereocenters. The maximum Gasteiger partial charge on any atom is 0.162 e. The zero-order valence-corrected chi connectivity index (χ0v) is 25.8. The van der Waals surface area contributed by atoms with E-state index >= 15 is 0 Å². The summed E-state index contributed by atoms with van der Waals surface area (Å²) in [7, 11) is 0. The number of anilines is 3. The van der Waals surface area contributed by atoms with E-state index in [1.165, 1.54) is 5.39 Å². The first kappa shape index (κ1) is 26.6. The van der Waals surface area contributed by atoms with E-state index < -0.39 is 0 Å². The molecule has 0 saturated heterocycles. The minimum Gasteiger partial charge on any atom is -0.353 e. The van der Waals surface area contributed by atoms with Gasteiger partial charge in [-0.2, -0.15) is 0 Å². The molecule has 0 saturated carbocycles. The van der Waals surface area contributed by atoms with E-state index in [-0.39, 0.29) is 0 Å². The monoisotopic (exact) mass is 613 g/mol. The number of para-hydroxylation sites is 2. The van der Waals surface area contributed by atoms with Gasteiger partial charge in [-0.1, -0.05) is 115 Å². The van der Waals surface area contributed by atoms with Crippen LogP contribution in [0.1, 0.15) is 0 Å². The molecule has 0 spiro atoms. The van der Waals surface area contributed by atoms with Crippen molar-refractivity contribution in [2.75, 3.05) is 4.90 Å². The quantitative estimate of drug-likeness (QED) is 0.211. The molecule has 5 nitrogen and oxygen atoms in total. The number of pyridine rings is 1. The third-order valence-electron chi connectivity index (χ3n) is 9.35. The Labute approximate surface area is 276 Å². The van der Waals surface area contributed by atoms with Crippen LogP contribution in [0.25, 0.3) is 77.7 Å². The van der Waals surface area contributed by atoms with Crippen LogP contribution >= 0.6 is 0 Å². The maximum atomic E-state index is 5.37. The normalized spacial score (nSPS) is 12.1. The number of rotatable bonds is 2. The van der Waals surface area contributed by atoms with Gasteiger partial charge in [0.25, 0.3) is 0 Å². The van der Waals surface area contributed by atoms with Crippen molar-refractivity contribution in [1.29, 1.82) is 0 Å². The highest BCUT2D eigenvalue weighted by atomic mass is 15.2. The van der Waals surface area contributed by atoms with Crippen molar-refractivity contribution in [1.82, 2.24) is 19.9 Å². The van der Waals surface area contributed by atoms with Crippen LogP contribution in [0.15, 0.2) is 158 Å². The molecule has 1 aliphatic rings. The molecule has 8 bridgehead atoms. The molecule has 224 valence electrons. The Morgan fingerprint density at radius 3 is 1.96 bits per heavy atom. The molecule has 4 heterocycles. The van der Waals surface area contributed by atoms with Gasteiger partial charge in [-0.15, -0.1) is 0 Å². The van der Waals surface area contributed by atoms with E-state index in [9.17, 15) is 0 Å². The van der Waals surface area contributed by atoms with E-state index in [1.54, 1.807) is 0 Å². The highest BCUT2D eigenvalue weighted by molar-refractivity contribution is 6.15. The number of benzene rings is 6. The molecule has 0 atom stereocenters. The van der Waals surface area contributed by atoms with Crippen molar-refractivity contribution in [3.63, 3.8) is 0 Å². The summed E-state index contributed by atoms with van der Waals surface area (Å²) in [6.45, 7) is 0. The predicted octanol–water partition coefficient (Wildman–Crippen LogP) is 11.1. The van der Waals surface area contributed by atoms with Crippen LogP contribution in [0.4, 0.5) is 17.2 Å². The fourth-order valence-corrected chi connectivity index (χ4v) is 7.12. The summed E-state index contributed by atoms with van der Waals surface area (Å²) in [6.07, 6.45) is 0. The Kier molecular flexibility index (Phi) is 5.81. The molecule has 6 aromatic carbocycles. The molecule has 5 heteroatoms. The summed E-state index contributed by atoms with van der Waals surface area (Å²) in [5, 5.41) is 4.58. The summed E-state index contributed by atoms with van der Waals surface area (Å²) < 4.78 is 0. The van der Waals surface area contributed by atoms with Crippen molar-refractivity contribution in [3.05, 3.63) is 158 Å². The fraction of sp³-hybridized carbons (Fsp3) is 0. The van der Waals surface area contributed by atoms with Gasteiger partial charge < -0.3 is 4.98 Å². The number of hydrogen-bond donors (Lipinski definition) is 1. The Balaban J connectivity index is 1.34. The van der Waals surface area contributed by atoms with Crippen molar-refractivity contribution in [2.24, 2.45) is 0 Å². The topological polar surface area (TPSA) is 57.7 Å². The van der Waals surface area contributed by atoms with Crippen LogP contribution in [0.2, 0.25) is 0 Å². The van der Waals surface area contributed by atoms with Crippen LogP contribution < -0.4 is 4.90 Å². The molecule has 48 heavy (non-hydrogen) atoms. The fourth-order valence-electron chi connectivity index (χ4n) is 7.12. The second kappa shape index (κ2) is 10.5. The molecular weight excluding hydrogens is 587 g/mol. The standard InChI is InChI=1S/C43H27N5/c1-2-12-28(13-3-1)37-26-38-29-15-6-16-30(25-29)48(39-23-7-14-27-11-4-5-17-31(27)39)40-24-10-22-36(44-40)34-20-8-18-32-33-19-9-21-35(43(45-37)46-38)42(33)47-41(32)34/h1-26,47H. The summed E-state index contributed by atoms with van der Waals surface area (Å²) in [4.78, 5) is 21.9. The van der Waals surface area contributed by atoms with Gasteiger partial charge >= 0.3 is 0 Å². The Morgan fingerprint density at radius 2 is 1.08 bits per heavy atom. The van der Waals surface area contributed by atoms with Crippen molar-refractivity contribution >= 4 is 49.8 Å². The zero-order valence-electron chi connectivity index (χ0n) is 25.8. The number of aromatic nitrogens is 4. The third kappa shape index (κ3) is 4.15. The largest absolute Gasteiger partial charge is 0.353 e. The van der Waals surface area contributed by atoms with Crippen LogP contribution in [0, 0.1) is 0 Å². The first-order chi connectivity index (χ1) is 23.8. The summed E-state index contributed by atoms with van der Waals surface area (Å²) in [5.41, 5.74) is 10.7. The SMILES string of the molecule is c1ccc(-c2cc3nc(n2)-c2cccc4c2[nH]c2c(cccc24)-c2cccc(n2)N(c2cccc4ccccc24)c2cccc-3c2)cc1. The Hall–Kier alpha value is -6.59. The van der Waals surface area contributed by atoms with Gasteiger partial charge in [0.2, 0.25) is 0 Å². The van der Waals surface area contributed by atoms with E-state index in [0.717, 1.165) is 83.7 Å². The molecule has 1 aliphatic heterocycles. The first-order valence-electron chi connectivity index (χ1n) is 16.1. The molecule has 0 fully saturated rings. The van der Waals surface area contributed by atoms with Gasteiger partial charge in [0.1, 0.15) is 5.82 Å². The molecule has 10 rings (SSSR count). The number of H-pyrrole nitrogens is 1. The van der Waals surface area contributed by atoms with Gasteiger partial charge in [-0.25, -0.2) is 15.0 Å². The minimum atomic E-state index is 0.676. The van der Waals surface area contributed by atoms with Gasteiger partial charge in [-0.3, -0.25) is 4.90 Å².